The van der Waals surface area contributed by atoms with Crippen LogP contribution in [0.3, 0.4) is 0 Å². The van der Waals surface area contributed by atoms with Crippen LogP contribution in [-0.2, 0) is 9.47 Å². The molecule has 0 amide bonds. The normalized spacial score (nSPS) is 19.0. The largest absolute Gasteiger partial charge is 0.494 e. The van der Waals surface area contributed by atoms with Gasteiger partial charge in [-0.3, -0.25) is 0 Å². The molecule has 1 aliphatic rings. The number of halogens is 3. The highest BCUT2D eigenvalue weighted by Gasteiger charge is 2.26. The molecule has 0 saturated heterocycles. The highest BCUT2D eigenvalue weighted by atomic mass is 19.2. The lowest BCUT2D eigenvalue weighted by atomic mass is 9.82. The summed E-state index contributed by atoms with van der Waals surface area (Å²) >= 11 is 0. The lowest BCUT2D eigenvalue weighted by Crippen LogP contribution is -2.20. The van der Waals surface area contributed by atoms with Crippen LogP contribution in [0.25, 0.3) is 17.2 Å². The third-order valence-corrected chi connectivity index (χ3v) is 6.10. The number of hydrogen-bond donors (Lipinski definition) is 0. The lowest BCUT2D eigenvalue weighted by Gasteiger charge is -2.28. The van der Waals surface area contributed by atoms with Crippen molar-refractivity contribution in [1.29, 1.82) is 0 Å². The lowest BCUT2D eigenvalue weighted by molar-refractivity contribution is 0.0655. The number of allylic oxidation sites excluding steroid dienone is 4. The van der Waals surface area contributed by atoms with Gasteiger partial charge in [-0.05, 0) is 59.9 Å². The van der Waals surface area contributed by atoms with Gasteiger partial charge in [0.15, 0.2) is 17.5 Å². The summed E-state index contributed by atoms with van der Waals surface area (Å²) in [6.07, 6.45) is 8.12. The van der Waals surface area contributed by atoms with Gasteiger partial charge in [-0.15, -0.1) is 0 Å². The molecular weight excluding hydrogens is 425 g/mol. The molecule has 0 spiro atoms. The SMILES string of the molecule is C=C(/C=C/c1ccc(-c2ccc(C3CCC(OC)CC3)c(F)c2F)cc1)/C=C(/F)C(=C)OC. The fourth-order valence-electron chi connectivity index (χ4n) is 4.08. The molecule has 0 N–H and O–H groups in total. The molecule has 174 valence electrons. The smallest absolute Gasteiger partial charge is 0.166 e. The van der Waals surface area contributed by atoms with Gasteiger partial charge in [-0.25, -0.2) is 13.2 Å². The average Bonchev–Trinajstić information content (AvgIpc) is 2.84. The molecule has 1 saturated carbocycles. The van der Waals surface area contributed by atoms with Gasteiger partial charge in [-0.1, -0.05) is 61.7 Å². The molecule has 2 nitrogen and oxygen atoms in total. The van der Waals surface area contributed by atoms with Crippen molar-refractivity contribution in [3.63, 3.8) is 0 Å². The summed E-state index contributed by atoms with van der Waals surface area (Å²) in [5.74, 6) is -2.25. The van der Waals surface area contributed by atoms with Crippen LogP contribution in [0.2, 0.25) is 0 Å². The molecule has 2 aromatic rings. The Labute approximate surface area is 193 Å². The van der Waals surface area contributed by atoms with Crippen LogP contribution in [0.15, 0.2) is 78.9 Å². The summed E-state index contributed by atoms with van der Waals surface area (Å²) in [6, 6.07) is 10.4. The molecule has 0 unspecified atom stereocenters. The molecule has 5 heteroatoms. The van der Waals surface area contributed by atoms with Crippen molar-refractivity contribution >= 4 is 6.08 Å². The number of benzene rings is 2. The minimum absolute atomic E-state index is 0.0144. The molecular formula is C28H29F3O2. The van der Waals surface area contributed by atoms with E-state index in [0.29, 0.717) is 16.7 Å². The highest BCUT2D eigenvalue weighted by Crippen LogP contribution is 2.37. The van der Waals surface area contributed by atoms with Gasteiger partial charge in [0.1, 0.15) is 5.76 Å². The van der Waals surface area contributed by atoms with E-state index in [-0.39, 0.29) is 23.3 Å². The summed E-state index contributed by atoms with van der Waals surface area (Å²) in [4.78, 5) is 0. The zero-order valence-electron chi connectivity index (χ0n) is 19.0. The topological polar surface area (TPSA) is 18.5 Å². The Hall–Kier alpha value is -3.05. The van der Waals surface area contributed by atoms with Crippen LogP contribution in [-0.4, -0.2) is 20.3 Å². The van der Waals surface area contributed by atoms with E-state index in [1.54, 1.807) is 55.7 Å². The Morgan fingerprint density at radius 3 is 2.21 bits per heavy atom. The Balaban J connectivity index is 1.72. The number of rotatable bonds is 8. The second kappa shape index (κ2) is 11.2. The van der Waals surface area contributed by atoms with Gasteiger partial charge in [0.05, 0.1) is 13.2 Å². The second-order valence-electron chi connectivity index (χ2n) is 8.19. The monoisotopic (exact) mass is 454 g/mol. The van der Waals surface area contributed by atoms with Crippen molar-refractivity contribution in [2.24, 2.45) is 0 Å². The average molecular weight is 455 g/mol. The number of methoxy groups -OCH3 is 2. The van der Waals surface area contributed by atoms with Crippen molar-refractivity contribution in [2.75, 3.05) is 14.2 Å². The summed E-state index contributed by atoms with van der Waals surface area (Å²) in [7, 11) is 3.03. The van der Waals surface area contributed by atoms with Crippen LogP contribution >= 0.6 is 0 Å². The van der Waals surface area contributed by atoms with Crippen LogP contribution in [0.5, 0.6) is 0 Å². The first-order valence-electron chi connectivity index (χ1n) is 10.9. The highest BCUT2D eigenvalue weighted by molar-refractivity contribution is 5.67. The first-order valence-corrected chi connectivity index (χ1v) is 10.9. The molecule has 0 heterocycles. The quantitative estimate of drug-likeness (QED) is 0.298. The zero-order chi connectivity index (χ0) is 24.0. The van der Waals surface area contributed by atoms with E-state index in [4.69, 9.17) is 9.47 Å². The van der Waals surface area contributed by atoms with Crippen LogP contribution in [0, 0.1) is 11.6 Å². The number of hydrogen-bond acceptors (Lipinski definition) is 2. The fourth-order valence-corrected chi connectivity index (χ4v) is 4.08. The molecule has 1 fully saturated rings. The second-order valence-corrected chi connectivity index (χ2v) is 8.19. The standard InChI is InChI=1S/C28H29F3O2/c1-18(17-26(29)19(2)32-3)5-6-20-7-9-21(10-8-20)24-15-16-25(28(31)27(24)30)22-11-13-23(33-4)14-12-22/h5-10,15-17,22-23H,1-2,11-14H2,3-4H3/b6-5+,26-17+. The predicted molar refractivity (Wildman–Crippen MR) is 127 cm³/mol. The van der Waals surface area contributed by atoms with Crippen molar-refractivity contribution in [2.45, 2.75) is 37.7 Å². The van der Waals surface area contributed by atoms with Crippen LogP contribution in [0.4, 0.5) is 13.2 Å². The number of ether oxygens (including phenoxy) is 2. The first kappa shape index (κ1) is 24.6. The van der Waals surface area contributed by atoms with E-state index in [1.807, 2.05) is 0 Å². The molecule has 1 aliphatic carbocycles. The molecule has 0 aliphatic heterocycles. The zero-order valence-corrected chi connectivity index (χ0v) is 19.0. The van der Waals surface area contributed by atoms with Crippen molar-refractivity contribution in [3.8, 4) is 11.1 Å². The maximum atomic E-state index is 14.9. The van der Waals surface area contributed by atoms with Gasteiger partial charge in [-0.2, -0.15) is 0 Å². The molecule has 0 bridgehead atoms. The summed E-state index contributed by atoms with van der Waals surface area (Å²) in [5.41, 5.74) is 2.49. The van der Waals surface area contributed by atoms with E-state index in [9.17, 15) is 13.2 Å². The van der Waals surface area contributed by atoms with Crippen molar-refractivity contribution in [3.05, 3.63) is 102 Å². The van der Waals surface area contributed by atoms with E-state index in [2.05, 4.69) is 13.2 Å². The molecule has 33 heavy (non-hydrogen) atoms. The molecule has 3 rings (SSSR count). The summed E-state index contributed by atoms with van der Waals surface area (Å²) in [6.45, 7) is 7.21. The van der Waals surface area contributed by atoms with Gasteiger partial charge >= 0.3 is 0 Å². The Morgan fingerprint density at radius 2 is 1.61 bits per heavy atom. The van der Waals surface area contributed by atoms with Gasteiger partial charge in [0, 0.05) is 12.7 Å². The van der Waals surface area contributed by atoms with Crippen molar-refractivity contribution < 1.29 is 22.6 Å². The molecule has 0 radical (unpaired) electrons. The van der Waals surface area contributed by atoms with Gasteiger partial charge in [0.25, 0.3) is 0 Å². The van der Waals surface area contributed by atoms with Crippen molar-refractivity contribution in [1.82, 2.24) is 0 Å². The minimum atomic E-state index is -0.822. The molecule has 0 aromatic heterocycles. The van der Waals surface area contributed by atoms with Crippen LogP contribution in [0.1, 0.15) is 42.7 Å². The Morgan fingerprint density at radius 1 is 0.939 bits per heavy atom. The van der Waals surface area contributed by atoms with Gasteiger partial charge < -0.3 is 9.47 Å². The van der Waals surface area contributed by atoms with Gasteiger partial charge in [0.2, 0.25) is 0 Å². The maximum absolute atomic E-state index is 14.9. The Bertz CT molecular complexity index is 1060. The third-order valence-electron chi connectivity index (χ3n) is 6.10. The Kier molecular flexibility index (Phi) is 8.34. The van der Waals surface area contributed by atoms with E-state index < -0.39 is 17.5 Å². The molecule has 2 aromatic carbocycles. The third kappa shape index (κ3) is 6.05. The van der Waals surface area contributed by atoms with Crippen LogP contribution < -0.4 is 0 Å². The maximum Gasteiger partial charge on any atom is 0.166 e. The predicted octanol–water partition coefficient (Wildman–Crippen LogP) is 7.89. The fraction of sp³-hybridized carbons (Fsp3) is 0.286. The van der Waals surface area contributed by atoms with E-state index in [1.165, 1.54) is 13.2 Å². The summed E-state index contributed by atoms with van der Waals surface area (Å²) < 4.78 is 53.7. The van der Waals surface area contributed by atoms with E-state index in [0.717, 1.165) is 31.2 Å². The first-order chi connectivity index (χ1) is 15.8. The molecule has 0 atom stereocenters. The summed E-state index contributed by atoms with van der Waals surface area (Å²) in [5, 5.41) is 0. The van der Waals surface area contributed by atoms with E-state index >= 15 is 0 Å². The minimum Gasteiger partial charge on any atom is -0.494 e.